The van der Waals surface area contributed by atoms with Gasteiger partial charge < -0.3 is 0 Å². The Morgan fingerprint density at radius 3 is 2.95 bits per heavy atom. The topological polar surface area (TPSA) is 59.8 Å². The highest BCUT2D eigenvalue weighted by atomic mass is 32.1. The molecule has 5 nitrogen and oxygen atoms in total. The zero-order chi connectivity index (χ0) is 14.8. The van der Waals surface area contributed by atoms with Gasteiger partial charge in [0.1, 0.15) is 0 Å². The van der Waals surface area contributed by atoms with Gasteiger partial charge in [0.05, 0.1) is 22.3 Å². The molecular formula is C14H14N4OS2. The minimum Gasteiger partial charge on any atom is -0.298 e. The molecular weight excluding hydrogens is 304 g/mol. The summed E-state index contributed by atoms with van der Waals surface area (Å²) < 4.78 is 1.72. The minimum absolute atomic E-state index is 0.182. The fourth-order valence-electron chi connectivity index (χ4n) is 1.84. The average molecular weight is 318 g/mol. The molecule has 3 rings (SSSR count). The van der Waals surface area contributed by atoms with Crippen molar-refractivity contribution in [2.24, 2.45) is 0 Å². The summed E-state index contributed by atoms with van der Waals surface area (Å²) in [6.45, 7) is 4.78. The van der Waals surface area contributed by atoms with E-state index in [1.54, 1.807) is 28.4 Å². The molecule has 0 atom stereocenters. The molecule has 3 aromatic heterocycles. The average Bonchev–Trinajstić information content (AvgIpc) is 3.17. The largest absolute Gasteiger partial charge is 0.298 e. The highest BCUT2D eigenvalue weighted by Gasteiger charge is 2.12. The SMILES string of the molecule is CCn1cc(C(=O)Nc2nc(-c3ccc(C)s3)cs2)cn1. The van der Waals surface area contributed by atoms with Crippen LogP contribution in [0.2, 0.25) is 0 Å². The number of thiophene rings is 1. The number of aryl methyl sites for hydroxylation is 2. The number of aromatic nitrogens is 3. The molecule has 7 heteroatoms. The number of anilines is 1. The number of carbonyl (C=O) groups excluding carboxylic acids is 1. The molecule has 0 fully saturated rings. The van der Waals surface area contributed by atoms with Gasteiger partial charge in [-0.25, -0.2) is 4.98 Å². The first-order chi connectivity index (χ1) is 10.2. The Balaban J connectivity index is 1.73. The summed E-state index contributed by atoms with van der Waals surface area (Å²) in [6.07, 6.45) is 3.29. The monoisotopic (exact) mass is 318 g/mol. The van der Waals surface area contributed by atoms with Crippen LogP contribution in [0, 0.1) is 6.92 Å². The highest BCUT2D eigenvalue weighted by molar-refractivity contribution is 7.17. The van der Waals surface area contributed by atoms with Crippen LogP contribution < -0.4 is 5.32 Å². The Morgan fingerprint density at radius 2 is 2.29 bits per heavy atom. The first-order valence-electron chi connectivity index (χ1n) is 6.52. The standard InChI is InChI=1S/C14H14N4OS2/c1-3-18-7-10(6-15-18)13(19)17-14-16-11(8-20-14)12-5-4-9(2)21-12/h4-8H,3H2,1-2H3,(H,16,17,19). The molecule has 0 saturated carbocycles. The number of nitrogens with zero attached hydrogens (tertiary/aromatic N) is 3. The van der Waals surface area contributed by atoms with Crippen molar-refractivity contribution in [3.63, 3.8) is 0 Å². The van der Waals surface area contributed by atoms with Gasteiger partial charge in [0.2, 0.25) is 0 Å². The van der Waals surface area contributed by atoms with Gasteiger partial charge in [-0.05, 0) is 26.0 Å². The maximum atomic E-state index is 12.1. The zero-order valence-corrected chi connectivity index (χ0v) is 13.3. The molecule has 0 aromatic carbocycles. The van der Waals surface area contributed by atoms with E-state index < -0.39 is 0 Å². The number of amides is 1. The predicted molar refractivity (Wildman–Crippen MR) is 86.0 cm³/mol. The fourth-order valence-corrected chi connectivity index (χ4v) is 3.45. The number of thiazole rings is 1. The minimum atomic E-state index is -0.182. The fraction of sp³-hybridized carbons (Fsp3) is 0.214. The van der Waals surface area contributed by atoms with Gasteiger partial charge in [0.15, 0.2) is 5.13 Å². The molecule has 0 aliphatic carbocycles. The second-order valence-corrected chi connectivity index (χ2v) is 6.63. The molecule has 0 saturated heterocycles. The van der Waals surface area contributed by atoms with Crippen molar-refractivity contribution in [3.05, 3.63) is 40.3 Å². The van der Waals surface area contributed by atoms with Crippen LogP contribution in [0.5, 0.6) is 0 Å². The lowest BCUT2D eigenvalue weighted by molar-refractivity contribution is 0.102. The van der Waals surface area contributed by atoms with E-state index in [-0.39, 0.29) is 5.91 Å². The third-order valence-electron chi connectivity index (χ3n) is 2.94. The Hall–Kier alpha value is -1.99. The quantitative estimate of drug-likeness (QED) is 0.799. The summed E-state index contributed by atoms with van der Waals surface area (Å²) in [6, 6.07) is 4.11. The van der Waals surface area contributed by atoms with Crippen molar-refractivity contribution in [1.29, 1.82) is 0 Å². The maximum Gasteiger partial charge on any atom is 0.260 e. The van der Waals surface area contributed by atoms with Gasteiger partial charge in [-0.1, -0.05) is 0 Å². The van der Waals surface area contributed by atoms with Crippen LogP contribution in [0.3, 0.4) is 0 Å². The molecule has 0 spiro atoms. The summed E-state index contributed by atoms with van der Waals surface area (Å²) in [5, 5.41) is 9.46. The smallest absolute Gasteiger partial charge is 0.260 e. The first-order valence-corrected chi connectivity index (χ1v) is 8.21. The van der Waals surface area contributed by atoms with Crippen LogP contribution in [0.1, 0.15) is 22.2 Å². The number of nitrogens with one attached hydrogen (secondary N) is 1. The number of hydrogen-bond donors (Lipinski definition) is 1. The number of hydrogen-bond acceptors (Lipinski definition) is 5. The molecule has 0 unspecified atom stereocenters. The van der Waals surface area contributed by atoms with Crippen LogP contribution in [0.15, 0.2) is 29.9 Å². The normalized spacial score (nSPS) is 10.8. The molecule has 1 N–H and O–H groups in total. The third-order valence-corrected chi connectivity index (χ3v) is 4.72. The Labute approximate surface area is 130 Å². The first kappa shape index (κ1) is 14.0. The maximum absolute atomic E-state index is 12.1. The lowest BCUT2D eigenvalue weighted by atomic mass is 10.3. The third kappa shape index (κ3) is 3.03. The van der Waals surface area contributed by atoms with Crippen LogP contribution in [-0.2, 0) is 6.54 Å². The van der Waals surface area contributed by atoms with Gasteiger partial charge >= 0.3 is 0 Å². The molecule has 3 aromatic rings. The van der Waals surface area contributed by atoms with Gasteiger partial charge in [-0.3, -0.25) is 14.8 Å². The molecule has 108 valence electrons. The molecule has 3 heterocycles. The zero-order valence-electron chi connectivity index (χ0n) is 11.7. The summed E-state index contributed by atoms with van der Waals surface area (Å²) in [4.78, 5) is 18.9. The number of carbonyl (C=O) groups is 1. The van der Waals surface area contributed by atoms with Crippen LogP contribution in [0.4, 0.5) is 5.13 Å². The summed E-state index contributed by atoms with van der Waals surface area (Å²) >= 11 is 3.12. The molecule has 0 radical (unpaired) electrons. The van der Waals surface area contributed by atoms with E-state index in [1.807, 2.05) is 18.4 Å². The second kappa shape index (κ2) is 5.79. The van der Waals surface area contributed by atoms with E-state index in [0.29, 0.717) is 10.7 Å². The van der Waals surface area contributed by atoms with E-state index >= 15 is 0 Å². The van der Waals surface area contributed by atoms with Crippen molar-refractivity contribution in [1.82, 2.24) is 14.8 Å². The van der Waals surface area contributed by atoms with Crippen LogP contribution >= 0.6 is 22.7 Å². The van der Waals surface area contributed by atoms with Gasteiger partial charge in [-0.15, -0.1) is 22.7 Å². The van der Waals surface area contributed by atoms with E-state index in [1.165, 1.54) is 16.2 Å². The van der Waals surface area contributed by atoms with Crippen molar-refractivity contribution in [2.45, 2.75) is 20.4 Å². The predicted octanol–water partition coefficient (Wildman–Crippen LogP) is 3.65. The summed E-state index contributed by atoms with van der Waals surface area (Å²) in [5.41, 5.74) is 1.44. The van der Waals surface area contributed by atoms with Crippen molar-refractivity contribution < 1.29 is 4.79 Å². The Bertz CT molecular complexity index is 771. The van der Waals surface area contributed by atoms with Crippen LogP contribution in [0.25, 0.3) is 10.6 Å². The van der Waals surface area contributed by atoms with Crippen LogP contribution in [-0.4, -0.2) is 20.7 Å². The molecule has 0 aliphatic rings. The summed E-state index contributed by atoms with van der Waals surface area (Å²) in [7, 11) is 0. The molecule has 0 bridgehead atoms. The Morgan fingerprint density at radius 1 is 1.43 bits per heavy atom. The second-order valence-electron chi connectivity index (χ2n) is 4.49. The molecule has 1 amide bonds. The lowest BCUT2D eigenvalue weighted by Crippen LogP contribution is -2.10. The van der Waals surface area contributed by atoms with Crippen molar-refractivity contribution >= 4 is 33.7 Å². The lowest BCUT2D eigenvalue weighted by Gasteiger charge is -1.97. The van der Waals surface area contributed by atoms with Crippen molar-refractivity contribution in [3.8, 4) is 10.6 Å². The van der Waals surface area contributed by atoms with Gasteiger partial charge in [0, 0.05) is 23.0 Å². The molecule has 0 aliphatic heterocycles. The number of rotatable bonds is 4. The molecule has 21 heavy (non-hydrogen) atoms. The van der Waals surface area contributed by atoms with Gasteiger partial charge in [-0.2, -0.15) is 5.10 Å². The summed E-state index contributed by atoms with van der Waals surface area (Å²) in [5.74, 6) is -0.182. The van der Waals surface area contributed by atoms with Gasteiger partial charge in [0.25, 0.3) is 5.91 Å². The Kier molecular flexibility index (Phi) is 3.85. The highest BCUT2D eigenvalue weighted by Crippen LogP contribution is 2.30. The van der Waals surface area contributed by atoms with Crippen molar-refractivity contribution in [2.75, 3.05) is 5.32 Å². The van der Waals surface area contributed by atoms with E-state index in [4.69, 9.17) is 0 Å². The van der Waals surface area contributed by atoms with E-state index in [2.05, 4.69) is 28.4 Å². The van der Waals surface area contributed by atoms with E-state index in [0.717, 1.165) is 17.1 Å². The van der Waals surface area contributed by atoms with E-state index in [9.17, 15) is 4.79 Å².